The lowest BCUT2D eigenvalue weighted by Gasteiger charge is -2.45. The number of rotatable bonds is 1. The zero-order chi connectivity index (χ0) is 14.0. The third-order valence-corrected chi connectivity index (χ3v) is 7.18. The van der Waals surface area contributed by atoms with Crippen LogP contribution in [0.25, 0.3) is 0 Å². The predicted molar refractivity (Wildman–Crippen MR) is 82.8 cm³/mol. The van der Waals surface area contributed by atoms with Crippen LogP contribution in [0.1, 0.15) is 37.8 Å². The molecule has 1 aliphatic carbocycles. The standard InChI is InChI=1S/C15H18Br2O2/c1-8-11(16)6-10-13(12(8)17)19-15(7-18)5-4-14(10,3)9(15)2/h6,9,18H,4-5,7H2,1-3H3. The van der Waals surface area contributed by atoms with Gasteiger partial charge < -0.3 is 9.84 Å². The van der Waals surface area contributed by atoms with Crippen molar-refractivity contribution >= 4 is 31.9 Å². The molecule has 0 spiro atoms. The number of ether oxygens (including phenoxy) is 1. The summed E-state index contributed by atoms with van der Waals surface area (Å²) in [5, 5.41) is 9.84. The van der Waals surface area contributed by atoms with E-state index < -0.39 is 5.60 Å². The molecule has 1 heterocycles. The monoisotopic (exact) mass is 388 g/mol. The third-order valence-electron chi connectivity index (χ3n) is 5.40. The van der Waals surface area contributed by atoms with Gasteiger partial charge in [-0.05, 0) is 47.3 Å². The van der Waals surface area contributed by atoms with E-state index in [1.807, 2.05) is 0 Å². The Labute approximate surface area is 130 Å². The summed E-state index contributed by atoms with van der Waals surface area (Å²) in [7, 11) is 0. The molecule has 1 aliphatic heterocycles. The topological polar surface area (TPSA) is 29.5 Å². The first-order valence-electron chi connectivity index (χ1n) is 6.65. The van der Waals surface area contributed by atoms with Gasteiger partial charge in [-0.15, -0.1) is 0 Å². The molecule has 3 unspecified atom stereocenters. The van der Waals surface area contributed by atoms with Crippen LogP contribution < -0.4 is 4.74 Å². The molecule has 3 atom stereocenters. The first-order chi connectivity index (χ1) is 8.85. The number of fused-ring (bicyclic) bond motifs is 4. The number of aliphatic hydroxyl groups is 1. The highest BCUT2D eigenvalue weighted by molar-refractivity contribution is 9.11. The van der Waals surface area contributed by atoms with Crippen molar-refractivity contribution < 1.29 is 9.84 Å². The molecule has 0 radical (unpaired) electrons. The Morgan fingerprint density at radius 1 is 1.42 bits per heavy atom. The van der Waals surface area contributed by atoms with E-state index in [0.29, 0.717) is 5.92 Å². The van der Waals surface area contributed by atoms with Crippen LogP contribution in [0.4, 0.5) is 0 Å². The van der Waals surface area contributed by atoms with Gasteiger partial charge in [0.1, 0.15) is 11.4 Å². The predicted octanol–water partition coefficient (Wildman–Crippen LogP) is 4.33. The van der Waals surface area contributed by atoms with Crippen molar-refractivity contribution in [2.45, 2.75) is 44.6 Å². The molecule has 4 heteroatoms. The van der Waals surface area contributed by atoms with Crippen LogP contribution in [0.5, 0.6) is 5.75 Å². The lowest BCUT2D eigenvalue weighted by Crippen LogP contribution is -2.50. The minimum absolute atomic E-state index is 0.0784. The van der Waals surface area contributed by atoms with Gasteiger partial charge in [0, 0.05) is 21.4 Å². The Morgan fingerprint density at radius 2 is 2.11 bits per heavy atom. The van der Waals surface area contributed by atoms with Crippen LogP contribution >= 0.6 is 31.9 Å². The van der Waals surface area contributed by atoms with Crippen LogP contribution in [0.3, 0.4) is 0 Å². The molecule has 2 bridgehead atoms. The fraction of sp³-hybridized carbons (Fsp3) is 0.600. The first kappa shape index (κ1) is 13.9. The summed E-state index contributed by atoms with van der Waals surface area (Å²) in [6, 6.07) is 2.19. The zero-order valence-corrected chi connectivity index (χ0v) is 14.6. The van der Waals surface area contributed by atoms with Crippen molar-refractivity contribution in [2.24, 2.45) is 5.92 Å². The minimum atomic E-state index is -0.412. The Morgan fingerprint density at radius 3 is 2.74 bits per heavy atom. The molecule has 2 nitrogen and oxygen atoms in total. The molecule has 1 N–H and O–H groups in total. The van der Waals surface area contributed by atoms with E-state index >= 15 is 0 Å². The maximum absolute atomic E-state index is 9.84. The summed E-state index contributed by atoms with van der Waals surface area (Å²) >= 11 is 7.30. The average Bonchev–Trinajstić information content (AvgIpc) is 2.57. The lowest BCUT2D eigenvalue weighted by molar-refractivity contribution is -0.0401. The number of aliphatic hydroxyl groups excluding tert-OH is 1. The Bertz CT molecular complexity index is 558. The smallest absolute Gasteiger partial charge is 0.138 e. The summed E-state index contributed by atoms with van der Waals surface area (Å²) in [6.45, 7) is 6.65. The SMILES string of the molecule is Cc1c(Br)cc2c(c1Br)OC1(CO)CCC2(C)C1C. The van der Waals surface area contributed by atoms with Crippen molar-refractivity contribution in [3.05, 3.63) is 26.1 Å². The Balaban J connectivity index is 2.29. The second kappa shape index (κ2) is 4.22. The highest BCUT2D eigenvalue weighted by Gasteiger charge is 2.59. The van der Waals surface area contributed by atoms with Gasteiger partial charge in [0.05, 0.1) is 11.1 Å². The summed E-state index contributed by atoms with van der Waals surface area (Å²) in [5.41, 5.74) is 2.06. The molecule has 1 saturated carbocycles. The van der Waals surface area contributed by atoms with Crippen LogP contribution in [0, 0.1) is 12.8 Å². The second-order valence-corrected chi connectivity index (χ2v) is 7.79. The second-order valence-electron chi connectivity index (χ2n) is 6.14. The largest absolute Gasteiger partial charge is 0.483 e. The normalized spacial score (nSPS) is 36.0. The van der Waals surface area contributed by atoms with E-state index in [4.69, 9.17) is 4.74 Å². The van der Waals surface area contributed by atoms with Crippen molar-refractivity contribution in [3.63, 3.8) is 0 Å². The molecule has 0 aromatic heterocycles. The first-order valence-corrected chi connectivity index (χ1v) is 8.23. The summed E-state index contributed by atoms with van der Waals surface area (Å²) in [6.07, 6.45) is 1.97. The van der Waals surface area contributed by atoms with Crippen molar-refractivity contribution in [1.82, 2.24) is 0 Å². The quantitative estimate of drug-likeness (QED) is 0.774. The van der Waals surface area contributed by atoms with Crippen LogP contribution in [-0.4, -0.2) is 17.3 Å². The summed E-state index contributed by atoms with van der Waals surface area (Å²) in [4.78, 5) is 0. The summed E-state index contributed by atoms with van der Waals surface area (Å²) in [5.74, 6) is 1.24. The Hall–Kier alpha value is -0.0600. The van der Waals surface area contributed by atoms with Gasteiger partial charge in [0.25, 0.3) is 0 Å². The molecule has 0 saturated heterocycles. The molecule has 1 aromatic carbocycles. The van der Waals surface area contributed by atoms with Gasteiger partial charge in [0.2, 0.25) is 0 Å². The maximum Gasteiger partial charge on any atom is 0.138 e. The van der Waals surface area contributed by atoms with E-state index in [2.05, 4.69) is 58.7 Å². The van der Waals surface area contributed by atoms with E-state index in [-0.39, 0.29) is 12.0 Å². The number of hydrogen-bond donors (Lipinski definition) is 1. The van der Waals surface area contributed by atoms with E-state index in [1.165, 1.54) is 5.56 Å². The molecular weight excluding hydrogens is 372 g/mol. The lowest BCUT2D eigenvalue weighted by atomic mass is 9.69. The molecule has 104 valence electrons. The van der Waals surface area contributed by atoms with E-state index in [1.54, 1.807) is 0 Å². The average molecular weight is 390 g/mol. The third kappa shape index (κ3) is 1.63. The van der Waals surface area contributed by atoms with Crippen molar-refractivity contribution in [2.75, 3.05) is 6.61 Å². The van der Waals surface area contributed by atoms with Crippen LogP contribution in [0.2, 0.25) is 0 Å². The molecule has 2 aliphatic rings. The van der Waals surface area contributed by atoms with Crippen molar-refractivity contribution in [3.8, 4) is 5.75 Å². The molecule has 0 amide bonds. The molecular formula is C15H18Br2O2. The fourth-order valence-corrected chi connectivity index (χ4v) is 4.86. The van der Waals surface area contributed by atoms with Gasteiger partial charge >= 0.3 is 0 Å². The summed E-state index contributed by atoms with van der Waals surface area (Å²) < 4.78 is 8.40. The highest BCUT2D eigenvalue weighted by atomic mass is 79.9. The number of hydrogen-bond acceptors (Lipinski definition) is 2. The number of halogens is 2. The molecule has 1 aromatic rings. The van der Waals surface area contributed by atoms with Gasteiger partial charge in [0.15, 0.2) is 0 Å². The Kier molecular flexibility index (Phi) is 3.09. The molecule has 1 fully saturated rings. The number of benzene rings is 1. The van der Waals surface area contributed by atoms with Crippen LogP contribution in [-0.2, 0) is 5.41 Å². The van der Waals surface area contributed by atoms with E-state index in [9.17, 15) is 5.11 Å². The highest BCUT2D eigenvalue weighted by Crippen LogP contribution is 2.60. The minimum Gasteiger partial charge on any atom is -0.483 e. The van der Waals surface area contributed by atoms with Gasteiger partial charge in [-0.3, -0.25) is 0 Å². The van der Waals surface area contributed by atoms with E-state index in [0.717, 1.165) is 33.1 Å². The fourth-order valence-electron chi connectivity index (χ4n) is 3.66. The maximum atomic E-state index is 9.84. The van der Waals surface area contributed by atoms with Crippen molar-refractivity contribution in [1.29, 1.82) is 0 Å². The van der Waals surface area contributed by atoms with Crippen LogP contribution in [0.15, 0.2) is 15.0 Å². The molecule has 19 heavy (non-hydrogen) atoms. The van der Waals surface area contributed by atoms with Gasteiger partial charge in [-0.2, -0.15) is 0 Å². The van der Waals surface area contributed by atoms with Gasteiger partial charge in [-0.1, -0.05) is 29.8 Å². The molecule has 3 rings (SSSR count). The van der Waals surface area contributed by atoms with Gasteiger partial charge in [-0.25, -0.2) is 0 Å². The zero-order valence-electron chi connectivity index (χ0n) is 11.4.